The topological polar surface area (TPSA) is 35.5 Å². The molecule has 0 radical (unpaired) electrons. The van der Waals surface area contributed by atoms with E-state index < -0.39 is 5.60 Å². The second kappa shape index (κ2) is 5.79. The number of benzene rings is 1. The average Bonchev–Trinajstić information content (AvgIpc) is 2.63. The average molecular weight is 300 g/mol. The molecule has 0 saturated heterocycles. The minimum atomic E-state index is -0.456. The second-order valence-electron chi connectivity index (χ2n) is 7.15. The molecule has 0 aromatic heterocycles. The molecule has 0 spiro atoms. The van der Waals surface area contributed by atoms with Crippen LogP contribution >= 0.6 is 0 Å². The Morgan fingerprint density at radius 1 is 1.32 bits per heavy atom. The van der Waals surface area contributed by atoms with Gasteiger partial charge in [0.1, 0.15) is 11.4 Å². The molecule has 3 nitrogen and oxygen atoms in total. The van der Waals surface area contributed by atoms with Crippen molar-refractivity contribution in [3.05, 3.63) is 35.4 Å². The van der Waals surface area contributed by atoms with Crippen molar-refractivity contribution in [1.82, 2.24) is 0 Å². The van der Waals surface area contributed by atoms with Crippen molar-refractivity contribution in [2.24, 2.45) is 0 Å². The highest BCUT2D eigenvalue weighted by molar-refractivity contribution is 5.92. The fraction of sp³-hybridized carbons (Fsp3) is 0.526. The molecular weight excluding hydrogens is 276 g/mol. The number of ether oxygens (including phenoxy) is 2. The monoisotopic (exact) mass is 300 g/mol. The Balaban J connectivity index is 1.95. The predicted octanol–water partition coefficient (Wildman–Crippen LogP) is 4.46. The molecule has 1 unspecified atom stereocenters. The molecule has 3 rings (SSSR count). The number of hydrogen-bond acceptors (Lipinski definition) is 3. The lowest BCUT2D eigenvalue weighted by Crippen LogP contribution is -2.23. The summed E-state index contributed by atoms with van der Waals surface area (Å²) in [5, 5.41) is 0. The van der Waals surface area contributed by atoms with Crippen LogP contribution in [0, 0.1) is 0 Å². The summed E-state index contributed by atoms with van der Waals surface area (Å²) in [4.78, 5) is 12.1. The van der Waals surface area contributed by atoms with Gasteiger partial charge in [-0.15, -0.1) is 0 Å². The molecule has 0 fully saturated rings. The quantitative estimate of drug-likeness (QED) is 0.567. The number of carbonyl (C=O) groups excluding carboxylic acids is 1. The first-order valence-electron chi connectivity index (χ1n) is 8.14. The van der Waals surface area contributed by atoms with E-state index in [0.29, 0.717) is 5.92 Å². The molecule has 1 aromatic carbocycles. The van der Waals surface area contributed by atoms with Crippen molar-refractivity contribution >= 4 is 11.5 Å². The van der Waals surface area contributed by atoms with Crippen LogP contribution in [-0.4, -0.2) is 18.2 Å². The Kier molecular flexibility index (Phi) is 3.98. The van der Waals surface area contributed by atoms with Crippen LogP contribution in [0.15, 0.2) is 24.3 Å². The number of hydrogen-bond donors (Lipinski definition) is 0. The van der Waals surface area contributed by atoms with E-state index >= 15 is 0 Å². The molecule has 22 heavy (non-hydrogen) atoms. The van der Waals surface area contributed by atoms with E-state index in [1.807, 2.05) is 32.9 Å². The number of rotatable bonds is 1. The lowest BCUT2D eigenvalue weighted by atomic mass is 9.77. The fourth-order valence-electron chi connectivity index (χ4n) is 3.40. The molecule has 3 heteroatoms. The van der Waals surface area contributed by atoms with Gasteiger partial charge in [-0.3, -0.25) is 0 Å². The van der Waals surface area contributed by atoms with E-state index in [2.05, 4.69) is 6.07 Å². The van der Waals surface area contributed by atoms with Gasteiger partial charge in [-0.25, -0.2) is 4.79 Å². The molecular formula is C19H24O3. The summed E-state index contributed by atoms with van der Waals surface area (Å²) in [6.45, 7) is 6.46. The Labute approximate surface area is 132 Å². The highest BCUT2D eigenvalue weighted by Crippen LogP contribution is 2.46. The Hall–Kier alpha value is -1.77. The van der Waals surface area contributed by atoms with Crippen molar-refractivity contribution in [3.8, 4) is 5.75 Å². The normalized spacial score (nSPS) is 22.5. The van der Waals surface area contributed by atoms with Gasteiger partial charge in [-0.1, -0.05) is 12.1 Å². The summed E-state index contributed by atoms with van der Waals surface area (Å²) in [6, 6.07) is 6.17. The summed E-state index contributed by atoms with van der Waals surface area (Å²) in [7, 11) is 0. The first-order chi connectivity index (χ1) is 10.4. The fourth-order valence-corrected chi connectivity index (χ4v) is 3.40. The Morgan fingerprint density at radius 2 is 2.14 bits per heavy atom. The molecule has 1 heterocycles. The number of allylic oxidation sites excluding steroid dienone is 1. The maximum atomic E-state index is 12.1. The maximum absolute atomic E-state index is 12.1. The summed E-state index contributed by atoms with van der Waals surface area (Å²) in [6.07, 6.45) is 5.96. The molecule has 0 N–H and O–H groups in total. The van der Waals surface area contributed by atoms with Crippen molar-refractivity contribution < 1.29 is 14.3 Å². The van der Waals surface area contributed by atoms with Gasteiger partial charge in [0.2, 0.25) is 0 Å². The zero-order valence-corrected chi connectivity index (χ0v) is 13.6. The minimum absolute atomic E-state index is 0.256. The molecule has 0 bridgehead atoms. The van der Waals surface area contributed by atoms with Gasteiger partial charge in [0.15, 0.2) is 0 Å². The summed E-state index contributed by atoms with van der Waals surface area (Å²) < 4.78 is 11.3. The molecule has 2 aliphatic rings. The van der Waals surface area contributed by atoms with Gasteiger partial charge in [0.05, 0.1) is 6.61 Å². The maximum Gasteiger partial charge on any atom is 0.331 e. The van der Waals surface area contributed by atoms with E-state index in [1.165, 1.54) is 17.5 Å². The molecule has 0 amide bonds. The second-order valence-corrected chi connectivity index (χ2v) is 7.15. The molecule has 0 saturated carbocycles. The minimum Gasteiger partial charge on any atom is -0.493 e. The molecule has 1 atom stereocenters. The van der Waals surface area contributed by atoms with Gasteiger partial charge in [-0.2, -0.15) is 0 Å². The van der Waals surface area contributed by atoms with E-state index in [4.69, 9.17) is 9.47 Å². The number of carbonyl (C=O) groups is 1. The third kappa shape index (κ3) is 3.18. The van der Waals surface area contributed by atoms with Crippen LogP contribution in [0.4, 0.5) is 0 Å². The van der Waals surface area contributed by atoms with E-state index in [9.17, 15) is 4.79 Å². The van der Waals surface area contributed by atoms with Crippen molar-refractivity contribution in [2.45, 2.75) is 58.0 Å². The van der Waals surface area contributed by atoms with Gasteiger partial charge >= 0.3 is 5.97 Å². The SMILES string of the molecule is CC(C)(C)OC(=O)/C=C1/CCC2CCCOc3cccc1c32. The zero-order valence-electron chi connectivity index (χ0n) is 13.6. The summed E-state index contributed by atoms with van der Waals surface area (Å²) >= 11 is 0. The lowest BCUT2D eigenvalue weighted by Gasteiger charge is -2.27. The highest BCUT2D eigenvalue weighted by Gasteiger charge is 2.29. The molecule has 118 valence electrons. The smallest absolute Gasteiger partial charge is 0.331 e. The van der Waals surface area contributed by atoms with Gasteiger partial charge in [-0.05, 0) is 69.6 Å². The number of esters is 1. The van der Waals surface area contributed by atoms with Gasteiger partial charge in [0.25, 0.3) is 0 Å². The lowest BCUT2D eigenvalue weighted by molar-refractivity contribution is -0.148. The van der Waals surface area contributed by atoms with Crippen LogP contribution in [0.25, 0.3) is 5.57 Å². The van der Waals surface area contributed by atoms with E-state index in [0.717, 1.165) is 37.2 Å². The van der Waals surface area contributed by atoms with Crippen molar-refractivity contribution in [1.29, 1.82) is 0 Å². The standard InChI is InChI=1S/C19H24O3/c1-19(2,3)22-17(20)12-14-10-9-13-6-5-11-21-16-8-4-7-15(14)18(13)16/h4,7-8,12-13H,5-6,9-11H2,1-3H3/b14-12-. The van der Waals surface area contributed by atoms with Crippen molar-refractivity contribution in [3.63, 3.8) is 0 Å². The van der Waals surface area contributed by atoms with E-state index in [1.54, 1.807) is 6.08 Å². The van der Waals surface area contributed by atoms with Crippen LogP contribution in [0.3, 0.4) is 0 Å². The van der Waals surface area contributed by atoms with Crippen LogP contribution in [-0.2, 0) is 9.53 Å². The van der Waals surface area contributed by atoms with E-state index in [-0.39, 0.29) is 5.97 Å². The third-order valence-electron chi connectivity index (χ3n) is 4.24. The van der Waals surface area contributed by atoms with Crippen LogP contribution in [0.2, 0.25) is 0 Å². The van der Waals surface area contributed by atoms with Crippen LogP contribution in [0.1, 0.15) is 63.5 Å². The Morgan fingerprint density at radius 3 is 2.91 bits per heavy atom. The van der Waals surface area contributed by atoms with Gasteiger partial charge < -0.3 is 9.47 Å². The predicted molar refractivity (Wildman–Crippen MR) is 87.0 cm³/mol. The largest absolute Gasteiger partial charge is 0.493 e. The van der Waals surface area contributed by atoms with Crippen molar-refractivity contribution in [2.75, 3.05) is 6.61 Å². The highest BCUT2D eigenvalue weighted by atomic mass is 16.6. The van der Waals surface area contributed by atoms with Gasteiger partial charge in [0, 0.05) is 11.6 Å². The molecule has 1 aliphatic heterocycles. The molecule has 1 aromatic rings. The first-order valence-corrected chi connectivity index (χ1v) is 8.14. The zero-order chi connectivity index (χ0) is 15.7. The van der Waals surface area contributed by atoms with Crippen LogP contribution in [0.5, 0.6) is 5.75 Å². The first kappa shape index (κ1) is 15.1. The molecule has 1 aliphatic carbocycles. The summed E-state index contributed by atoms with van der Waals surface area (Å²) in [5.41, 5.74) is 3.08. The Bertz CT molecular complexity index is 608. The third-order valence-corrected chi connectivity index (χ3v) is 4.24. The van der Waals surface area contributed by atoms with Crippen LogP contribution < -0.4 is 4.74 Å². The summed E-state index contributed by atoms with van der Waals surface area (Å²) in [5.74, 6) is 1.30.